The van der Waals surface area contributed by atoms with Gasteiger partial charge in [-0.15, -0.1) is 0 Å². The highest BCUT2D eigenvalue weighted by molar-refractivity contribution is 6.15. The van der Waals surface area contributed by atoms with Crippen LogP contribution in [-0.4, -0.2) is 4.09 Å². The van der Waals surface area contributed by atoms with Gasteiger partial charge in [-0.2, -0.15) is 0 Å². The molecule has 0 saturated heterocycles. The lowest BCUT2D eigenvalue weighted by Gasteiger charge is -2.08. The minimum Gasteiger partial charge on any atom is -0.485 e. The Morgan fingerprint density at radius 3 is 2.68 bits per heavy atom. The SMILES string of the molecule is C=C(C)N=c1c(OCc2ccccc2)cccn1Cl. The zero-order valence-corrected chi connectivity index (χ0v) is 11.5. The normalized spacial score (nSPS) is 11.4. The van der Waals surface area contributed by atoms with Crippen LogP contribution in [0.4, 0.5) is 0 Å². The number of rotatable bonds is 4. The van der Waals surface area contributed by atoms with Crippen LogP contribution in [0.1, 0.15) is 12.5 Å². The summed E-state index contributed by atoms with van der Waals surface area (Å²) in [5.74, 6) is 0.629. The third kappa shape index (κ3) is 3.73. The summed E-state index contributed by atoms with van der Waals surface area (Å²) in [5, 5.41) is 0. The first kappa shape index (κ1) is 13.4. The Balaban J connectivity index is 2.26. The first-order valence-electron chi connectivity index (χ1n) is 5.91. The molecule has 3 nitrogen and oxygen atoms in total. The van der Waals surface area contributed by atoms with Gasteiger partial charge in [0.25, 0.3) is 0 Å². The van der Waals surface area contributed by atoms with E-state index in [1.165, 1.54) is 4.09 Å². The lowest BCUT2D eigenvalue weighted by atomic mass is 10.2. The van der Waals surface area contributed by atoms with Crippen molar-refractivity contribution in [1.82, 2.24) is 4.09 Å². The molecule has 1 heterocycles. The van der Waals surface area contributed by atoms with Crippen molar-refractivity contribution in [1.29, 1.82) is 0 Å². The third-order valence-corrected chi connectivity index (χ3v) is 2.69. The quantitative estimate of drug-likeness (QED) is 0.838. The average molecular weight is 275 g/mol. The molecule has 19 heavy (non-hydrogen) atoms. The van der Waals surface area contributed by atoms with Gasteiger partial charge >= 0.3 is 0 Å². The molecule has 0 aliphatic heterocycles. The molecule has 0 amide bonds. The molecule has 0 bridgehead atoms. The standard InChI is InChI=1S/C15H15ClN2O/c1-12(2)17-15-14(9-6-10-18(15)16)19-11-13-7-4-3-5-8-13/h3-10H,1,11H2,2H3. The fourth-order valence-corrected chi connectivity index (χ4v) is 1.77. The second-order valence-corrected chi connectivity index (χ2v) is 4.49. The van der Waals surface area contributed by atoms with Crippen LogP contribution in [0, 0.1) is 0 Å². The molecule has 0 fully saturated rings. The highest BCUT2D eigenvalue weighted by atomic mass is 35.5. The Bertz CT molecular complexity index is 632. The second kappa shape index (κ2) is 6.25. The summed E-state index contributed by atoms with van der Waals surface area (Å²) >= 11 is 6.06. The predicted octanol–water partition coefficient (Wildman–Crippen LogP) is 3.50. The second-order valence-electron chi connectivity index (χ2n) is 4.13. The van der Waals surface area contributed by atoms with Gasteiger partial charge in [-0.25, -0.2) is 9.08 Å². The molecular formula is C15H15ClN2O. The van der Waals surface area contributed by atoms with Gasteiger partial charge < -0.3 is 4.74 Å². The van der Waals surface area contributed by atoms with Crippen molar-refractivity contribution in [3.05, 3.63) is 72.0 Å². The number of halogens is 1. The fraction of sp³-hybridized carbons (Fsp3) is 0.133. The largest absolute Gasteiger partial charge is 0.485 e. The molecule has 0 radical (unpaired) electrons. The fourth-order valence-electron chi connectivity index (χ4n) is 1.59. The number of benzene rings is 1. The van der Waals surface area contributed by atoms with Gasteiger partial charge in [0.05, 0.1) is 0 Å². The number of nitrogens with zero attached hydrogens (tertiary/aromatic N) is 2. The van der Waals surface area contributed by atoms with Gasteiger partial charge in [0.2, 0.25) is 0 Å². The van der Waals surface area contributed by atoms with E-state index in [-0.39, 0.29) is 0 Å². The number of aromatic nitrogens is 1. The Kier molecular flexibility index (Phi) is 4.42. The molecule has 2 rings (SSSR count). The van der Waals surface area contributed by atoms with Gasteiger partial charge in [-0.3, -0.25) is 0 Å². The maximum absolute atomic E-state index is 6.06. The first-order valence-corrected chi connectivity index (χ1v) is 6.25. The summed E-state index contributed by atoms with van der Waals surface area (Å²) in [4.78, 5) is 4.28. The van der Waals surface area contributed by atoms with Crippen molar-refractivity contribution in [2.24, 2.45) is 4.99 Å². The minimum absolute atomic E-state index is 0.473. The van der Waals surface area contributed by atoms with E-state index in [4.69, 9.17) is 16.5 Å². The lowest BCUT2D eigenvalue weighted by molar-refractivity contribution is 0.300. The molecule has 0 unspecified atom stereocenters. The predicted molar refractivity (Wildman–Crippen MR) is 76.8 cm³/mol. The minimum atomic E-state index is 0.473. The zero-order valence-electron chi connectivity index (χ0n) is 10.7. The molecule has 1 aromatic heterocycles. The summed E-state index contributed by atoms with van der Waals surface area (Å²) in [5.41, 5.74) is 2.31. The summed E-state index contributed by atoms with van der Waals surface area (Å²) in [6.45, 7) is 6.04. The topological polar surface area (TPSA) is 26.5 Å². The summed E-state index contributed by atoms with van der Waals surface area (Å²) in [6, 6.07) is 13.6. The highest BCUT2D eigenvalue weighted by Gasteiger charge is 2.02. The number of hydrogen-bond acceptors (Lipinski definition) is 2. The van der Waals surface area contributed by atoms with E-state index < -0.39 is 0 Å². The summed E-state index contributed by atoms with van der Waals surface area (Å²) < 4.78 is 7.16. The molecule has 1 aromatic carbocycles. The average Bonchev–Trinajstić information content (AvgIpc) is 2.40. The van der Waals surface area contributed by atoms with Crippen molar-refractivity contribution in [3.8, 4) is 5.75 Å². The van der Waals surface area contributed by atoms with Crippen LogP contribution in [0.25, 0.3) is 0 Å². The van der Waals surface area contributed by atoms with Gasteiger partial charge in [0, 0.05) is 23.7 Å². The van der Waals surface area contributed by atoms with E-state index in [1.807, 2.05) is 49.4 Å². The van der Waals surface area contributed by atoms with Gasteiger partial charge in [-0.1, -0.05) is 36.9 Å². The van der Waals surface area contributed by atoms with E-state index in [2.05, 4.69) is 11.6 Å². The Labute approximate surface area is 117 Å². The van der Waals surface area contributed by atoms with Crippen LogP contribution in [0.2, 0.25) is 0 Å². The Morgan fingerprint density at radius 1 is 1.26 bits per heavy atom. The van der Waals surface area contributed by atoms with Crippen molar-refractivity contribution in [2.75, 3.05) is 0 Å². The maximum atomic E-state index is 6.06. The number of hydrogen-bond donors (Lipinski definition) is 0. The zero-order chi connectivity index (χ0) is 13.7. The van der Waals surface area contributed by atoms with Crippen molar-refractivity contribution < 1.29 is 4.74 Å². The summed E-state index contributed by atoms with van der Waals surface area (Å²) in [7, 11) is 0. The number of ether oxygens (including phenoxy) is 1. The molecule has 0 aliphatic rings. The molecule has 98 valence electrons. The van der Waals surface area contributed by atoms with Crippen LogP contribution in [0.3, 0.4) is 0 Å². The van der Waals surface area contributed by atoms with Gasteiger partial charge in [-0.05, 0) is 24.6 Å². The van der Waals surface area contributed by atoms with E-state index >= 15 is 0 Å². The monoisotopic (exact) mass is 274 g/mol. The van der Waals surface area contributed by atoms with Crippen LogP contribution in [0.5, 0.6) is 5.75 Å². The van der Waals surface area contributed by atoms with Crippen LogP contribution in [-0.2, 0) is 6.61 Å². The molecule has 0 saturated carbocycles. The Hall–Kier alpha value is -2.00. The van der Waals surface area contributed by atoms with E-state index in [0.29, 0.717) is 23.5 Å². The van der Waals surface area contributed by atoms with Crippen molar-refractivity contribution in [3.63, 3.8) is 0 Å². The first-order chi connectivity index (χ1) is 9.16. The molecule has 2 aromatic rings. The molecule has 0 N–H and O–H groups in total. The van der Waals surface area contributed by atoms with Crippen molar-refractivity contribution in [2.45, 2.75) is 13.5 Å². The van der Waals surface area contributed by atoms with Gasteiger partial charge in [0.1, 0.15) is 6.61 Å². The van der Waals surface area contributed by atoms with Crippen LogP contribution in [0.15, 0.2) is 65.9 Å². The van der Waals surface area contributed by atoms with E-state index in [0.717, 1.165) is 5.56 Å². The molecule has 0 spiro atoms. The molecule has 0 atom stereocenters. The van der Waals surface area contributed by atoms with Crippen LogP contribution < -0.4 is 10.2 Å². The molecule has 0 aliphatic carbocycles. The van der Waals surface area contributed by atoms with E-state index in [1.54, 1.807) is 6.20 Å². The smallest absolute Gasteiger partial charge is 0.190 e. The maximum Gasteiger partial charge on any atom is 0.190 e. The summed E-state index contributed by atoms with van der Waals surface area (Å²) in [6.07, 6.45) is 1.71. The number of pyridine rings is 1. The third-order valence-electron chi connectivity index (χ3n) is 2.42. The van der Waals surface area contributed by atoms with Gasteiger partial charge in [0.15, 0.2) is 11.2 Å². The molecular weight excluding hydrogens is 260 g/mol. The molecule has 4 heteroatoms. The van der Waals surface area contributed by atoms with E-state index in [9.17, 15) is 0 Å². The Morgan fingerprint density at radius 2 is 2.00 bits per heavy atom. The lowest BCUT2D eigenvalue weighted by Crippen LogP contribution is -2.17. The number of allylic oxidation sites excluding steroid dienone is 1. The van der Waals surface area contributed by atoms with Crippen molar-refractivity contribution >= 4 is 11.8 Å². The highest BCUT2D eigenvalue weighted by Crippen LogP contribution is 2.08. The van der Waals surface area contributed by atoms with Crippen LogP contribution >= 0.6 is 11.8 Å².